The van der Waals surface area contributed by atoms with Gasteiger partial charge < -0.3 is 19.3 Å². The first-order chi connectivity index (χ1) is 14.1. The van der Waals surface area contributed by atoms with Crippen LogP contribution in [0.5, 0.6) is 5.75 Å². The van der Waals surface area contributed by atoms with Gasteiger partial charge in [-0.2, -0.15) is 0 Å². The number of hydrogen-bond donors (Lipinski definition) is 0. The lowest BCUT2D eigenvalue weighted by molar-refractivity contribution is 0.0135. The summed E-state index contributed by atoms with van der Waals surface area (Å²) < 4.78 is 11.8. The smallest absolute Gasteiger partial charge is 0.225 e. The highest BCUT2D eigenvalue weighted by molar-refractivity contribution is 7.09. The van der Waals surface area contributed by atoms with Crippen molar-refractivity contribution in [3.05, 3.63) is 28.5 Å². The summed E-state index contributed by atoms with van der Waals surface area (Å²) >= 11 is 1.77. The number of likely N-dealkylation sites (N-methyl/N-ethyl adjacent to an activating group) is 1. The van der Waals surface area contributed by atoms with E-state index in [2.05, 4.69) is 38.7 Å². The van der Waals surface area contributed by atoms with Crippen LogP contribution in [0.25, 0.3) is 0 Å². The largest absolute Gasteiger partial charge is 0.494 e. The van der Waals surface area contributed by atoms with Crippen molar-refractivity contribution >= 4 is 17.3 Å². The van der Waals surface area contributed by atoms with Gasteiger partial charge >= 0.3 is 0 Å². The first-order valence-electron chi connectivity index (χ1n) is 10.4. The van der Waals surface area contributed by atoms with Gasteiger partial charge in [0.25, 0.3) is 0 Å². The van der Waals surface area contributed by atoms with Crippen molar-refractivity contribution in [3.8, 4) is 5.75 Å². The molecular formula is C21H29N5O2S. The van der Waals surface area contributed by atoms with Crippen molar-refractivity contribution in [2.24, 2.45) is 11.8 Å². The average molecular weight is 416 g/mol. The van der Waals surface area contributed by atoms with Crippen molar-refractivity contribution in [1.82, 2.24) is 19.9 Å². The van der Waals surface area contributed by atoms with Crippen molar-refractivity contribution < 1.29 is 9.47 Å². The Balaban J connectivity index is 1.24. The van der Waals surface area contributed by atoms with Crippen LogP contribution in [0, 0.1) is 18.8 Å². The number of aromatic nitrogens is 3. The molecule has 0 N–H and O–H groups in total. The summed E-state index contributed by atoms with van der Waals surface area (Å²) in [5.41, 5.74) is 3.12. The number of ether oxygens (including phenoxy) is 2. The van der Waals surface area contributed by atoms with Crippen LogP contribution in [0.2, 0.25) is 0 Å². The van der Waals surface area contributed by atoms with Gasteiger partial charge in [0.05, 0.1) is 49.0 Å². The van der Waals surface area contributed by atoms with E-state index in [1.54, 1.807) is 30.8 Å². The Morgan fingerprint density at radius 3 is 2.90 bits per heavy atom. The molecule has 1 spiro atoms. The zero-order valence-electron chi connectivity index (χ0n) is 17.4. The van der Waals surface area contributed by atoms with Crippen LogP contribution in [-0.2, 0) is 11.2 Å². The molecule has 156 valence electrons. The van der Waals surface area contributed by atoms with Gasteiger partial charge in [-0.25, -0.2) is 15.0 Å². The van der Waals surface area contributed by atoms with Crippen LogP contribution < -0.4 is 9.64 Å². The lowest BCUT2D eigenvalue weighted by Crippen LogP contribution is -2.41. The molecule has 3 aliphatic rings. The SMILES string of the molecule is COc1cnc(N2C[C@@H]3[C@H](CN(C)CCc4scnc4C)[C@H]4CC[C@]3(C2)O4)nc1. The number of methoxy groups -OCH3 is 1. The molecule has 3 aliphatic heterocycles. The van der Waals surface area contributed by atoms with Crippen molar-refractivity contribution in [1.29, 1.82) is 0 Å². The van der Waals surface area contributed by atoms with E-state index < -0.39 is 0 Å². The van der Waals surface area contributed by atoms with Crippen LogP contribution in [-0.4, -0.2) is 71.9 Å². The summed E-state index contributed by atoms with van der Waals surface area (Å²) in [5.74, 6) is 2.62. The van der Waals surface area contributed by atoms with E-state index in [4.69, 9.17) is 9.47 Å². The maximum Gasteiger partial charge on any atom is 0.225 e. The predicted octanol–water partition coefficient (Wildman–Crippen LogP) is 2.41. The van der Waals surface area contributed by atoms with Gasteiger partial charge in [0.15, 0.2) is 5.75 Å². The van der Waals surface area contributed by atoms with E-state index in [-0.39, 0.29) is 5.60 Å². The Morgan fingerprint density at radius 2 is 2.17 bits per heavy atom. The quantitative estimate of drug-likeness (QED) is 0.688. The zero-order chi connectivity index (χ0) is 20.0. The monoisotopic (exact) mass is 415 g/mol. The molecule has 0 radical (unpaired) electrons. The summed E-state index contributed by atoms with van der Waals surface area (Å²) in [5, 5.41) is 0. The summed E-state index contributed by atoms with van der Waals surface area (Å²) in [7, 11) is 3.88. The molecule has 0 saturated carbocycles. The van der Waals surface area contributed by atoms with Gasteiger partial charge in [-0.05, 0) is 33.2 Å². The van der Waals surface area contributed by atoms with E-state index in [9.17, 15) is 0 Å². The topological polar surface area (TPSA) is 63.6 Å². The maximum absolute atomic E-state index is 6.61. The minimum atomic E-state index is -0.00623. The van der Waals surface area contributed by atoms with E-state index >= 15 is 0 Å². The minimum absolute atomic E-state index is 0.00623. The molecule has 2 aromatic heterocycles. The molecule has 0 amide bonds. The average Bonchev–Trinajstić information content (AvgIpc) is 3.48. The second-order valence-corrected chi connectivity index (χ2v) is 9.65. The van der Waals surface area contributed by atoms with Crippen molar-refractivity contribution in [2.75, 3.05) is 45.2 Å². The lowest BCUT2D eigenvalue weighted by Gasteiger charge is -2.32. The number of fused-ring (bicyclic) bond motifs is 1. The Morgan fingerprint density at radius 1 is 1.34 bits per heavy atom. The number of nitrogens with zero attached hydrogens (tertiary/aromatic N) is 5. The van der Waals surface area contributed by atoms with Gasteiger partial charge in [0.1, 0.15) is 0 Å². The molecule has 3 saturated heterocycles. The molecule has 2 aromatic rings. The lowest BCUT2D eigenvalue weighted by atomic mass is 9.73. The minimum Gasteiger partial charge on any atom is -0.494 e. The summed E-state index contributed by atoms with van der Waals surface area (Å²) in [6.45, 7) is 6.15. The molecule has 5 rings (SSSR count). The van der Waals surface area contributed by atoms with Crippen LogP contribution in [0.3, 0.4) is 0 Å². The molecular weight excluding hydrogens is 386 g/mol. The Bertz CT molecular complexity index is 859. The Kier molecular flexibility index (Phi) is 4.96. The molecule has 5 heterocycles. The third-order valence-corrected chi connectivity index (χ3v) is 8.00. The number of rotatable bonds is 7. The molecule has 0 unspecified atom stereocenters. The van der Waals surface area contributed by atoms with E-state index in [0.29, 0.717) is 23.7 Å². The number of anilines is 1. The normalized spacial score (nSPS) is 30.3. The van der Waals surface area contributed by atoms with Gasteiger partial charge in [-0.15, -0.1) is 11.3 Å². The zero-order valence-corrected chi connectivity index (χ0v) is 18.2. The van der Waals surface area contributed by atoms with E-state index in [1.807, 2.05) is 5.51 Å². The van der Waals surface area contributed by atoms with Gasteiger partial charge in [-0.1, -0.05) is 0 Å². The second-order valence-electron chi connectivity index (χ2n) is 8.71. The van der Waals surface area contributed by atoms with Crippen LogP contribution in [0.15, 0.2) is 17.9 Å². The first kappa shape index (κ1) is 19.2. The summed E-state index contributed by atoms with van der Waals surface area (Å²) in [6, 6.07) is 0. The molecule has 4 atom stereocenters. The number of aryl methyl sites for hydroxylation is 1. The second kappa shape index (κ2) is 7.49. The highest BCUT2D eigenvalue weighted by atomic mass is 32.1. The molecule has 7 nitrogen and oxygen atoms in total. The summed E-state index contributed by atoms with van der Waals surface area (Å²) in [4.78, 5) is 19.6. The highest BCUT2D eigenvalue weighted by Gasteiger charge is 2.63. The Hall–Kier alpha value is -1.77. The maximum atomic E-state index is 6.61. The van der Waals surface area contributed by atoms with Crippen LogP contribution >= 0.6 is 11.3 Å². The molecule has 0 aliphatic carbocycles. The molecule has 29 heavy (non-hydrogen) atoms. The molecule has 2 bridgehead atoms. The standard InChI is InChI=1S/C21H29N5O2S/c1-14-19(29-13-24-14)5-7-25(2)10-16-17-11-26(12-21(17)6-4-18(16)28-21)20-22-8-15(27-3)9-23-20/h8-9,13,16-18H,4-7,10-12H2,1-3H3/t16-,17+,18+,21+/m0/s1. The van der Waals surface area contributed by atoms with Crippen molar-refractivity contribution in [2.45, 2.75) is 37.9 Å². The number of hydrogen-bond acceptors (Lipinski definition) is 8. The molecule has 3 fully saturated rings. The van der Waals surface area contributed by atoms with Crippen LogP contribution in [0.4, 0.5) is 5.95 Å². The third-order valence-electron chi connectivity index (χ3n) is 7.00. The van der Waals surface area contributed by atoms with E-state index in [0.717, 1.165) is 45.0 Å². The first-order valence-corrected chi connectivity index (χ1v) is 11.3. The van der Waals surface area contributed by atoms with Crippen molar-refractivity contribution in [3.63, 3.8) is 0 Å². The fourth-order valence-corrected chi connectivity index (χ4v) is 6.25. The van der Waals surface area contributed by atoms with Gasteiger partial charge in [0.2, 0.25) is 5.95 Å². The molecule has 8 heteroatoms. The van der Waals surface area contributed by atoms with Gasteiger partial charge in [0, 0.05) is 36.3 Å². The summed E-state index contributed by atoms with van der Waals surface area (Å²) in [6.07, 6.45) is 7.33. The third kappa shape index (κ3) is 3.41. The van der Waals surface area contributed by atoms with Crippen LogP contribution in [0.1, 0.15) is 23.4 Å². The fraction of sp³-hybridized carbons (Fsp3) is 0.667. The van der Waals surface area contributed by atoms with E-state index in [1.165, 1.54) is 17.0 Å². The Labute approximate surface area is 176 Å². The number of thiazole rings is 1. The van der Waals surface area contributed by atoms with Gasteiger partial charge in [-0.3, -0.25) is 0 Å². The fourth-order valence-electron chi connectivity index (χ4n) is 5.47. The molecule has 0 aromatic carbocycles. The predicted molar refractivity (Wildman–Crippen MR) is 113 cm³/mol. The highest BCUT2D eigenvalue weighted by Crippen LogP contribution is 2.55.